The second-order valence-electron chi connectivity index (χ2n) is 4.46. The Kier molecular flexibility index (Phi) is 3.15. The zero-order valence-electron chi connectivity index (χ0n) is 10.2. The van der Waals surface area contributed by atoms with Crippen molar-refractivity contribution in [3.63, 3.8) is 0 Å². The van der Waals surface area contributed by atoms with Crippen molar-refractivity contribution in [1.29, 1.82) is 0 Å². The highest BCUT2D eigenvalue weighted by atomic mass is 32.1. The molecule has 96 valence electrons. The van der Waals surface area contributed by atoms with Gasteiger partial charge in [-0.2, -0.15) is 5.10 Å². The second-order valence-corrected chi connectivity index (χ2v) is 5.52. The third-order valence-electron chi connectivity index (χ3n) is 3.18. The summed E-state index contributed by atoms with van der Waals surface area (Å²) in [6.07, 6.45) is 1.85. The van der Waals surface area contributed by atoms with Gasteiger partial charge in [0.1, 0.15) is 0 Å². The van der Waals surface area contributed by atoms with Crippen LogP contribution in [-0.4, -0.2) is 33.1 Å². The normalized spacial score (nSPS) is 18.9. The van der Waals surface area contributed by atoms with E-state index in [9.17, 15) is 5.11 Å². The summed E-state index contributed by atoms with van der Waals surface area (Å²) in [7, 11) is 0. The number of aromatic nitrogens is 3. The molecule has 1 aliphatic rings. The maximum atomic E-state index is 9.31. The van der Waals surface area contributed by atoms with Crippen molar-refractivity contribution in [2.45, 2.75) is 26.0 Å². The molecule has 0 unspecified atom stereocenters. The molecule has 0 amide bonds. The first kappa shape index (κ1) is 11.8. The van der Waals surface area contributed by atoms with Crippen LogP contribution in [0.25, 0.3) is 0 Å². The standard InChI is InChI=1S/C12H15N3O2S/c1-8-14-10(7-18-8)3-15-12-6-17-5-9(4-16)11(12)2-13-15/h2,7,9,16H,3-6H2,1H3/t9-/m1/s1. The lowest BCUT2D eigenvalue weighted by atomic mass is 10.00. The molecule has 3 rings (SSSR count). The van der Waals surface area contributed by atoms with E-state index in [1.807, 2.05) is 17.8 Å². The van der Waals surface area contributed by atoms with Crippen molar-refractivity contribution in [2.75, 3.05) is 13.2 Å². The van der Waals surface area contributed by atoms with Crippen LogP contribution in [0.1, 0.15) is 27.9 Å². The molecule has 2 aromatic rings. The molecule has 0 aliphatic carbocycles. The van der Waals surface area contributed by atoms with Crippen LogP contribution in [-0.2, 0) is 17.9 Å². The van der Waals surface area contributed by atoms with Crippen LogP contribution >= 0.6 is 11.3 Å². The fraction of sp³-hybridized carbons (Fsp3) is 0.500. The highest BCUT2D eigenvalue weighted by molar-refractivity contribution is 7.09. The summed E-state index contributed by atoms with van der Waals surface area (Å²) in [6, 6.07) is 0. The molecule has 0 saturated carbocycles. The lowest BCUT2D eigenvalue weighted by Crippen LogP contribution is -2.21. The van der Waals surface area contributed by atoms with Crippen LogP contribution in [0.15, 0.2) is 11.6 Å². The number of ether oxygens (including phenoxy) is 1. The average Bonchev–Trinajstić information content (AvgIpc) is 2.97. The van der Waals surface area contributed by atoms with E-state index in [4.69, 9.17) is 4.74 Å². The van der Waals surface area contributed by atoms with E-state index in [-0.39, 0.29) is 12.5 Å². The van der Waals surface area contributed by atoms with Crippen LogP contribution in [0.3, 0.4) is 0 Å². The molecule has 0 radical (unpaired) electrons. The molecule has 1 atom stereocenters. The Morgan fingerprint density at radius 1 is 1.61 bits per heavy atom. The average molecular weight is 265 g/mol. The van der Waals surface area contributed by atoms with Gasteiger partial charge in [0.05, 0.1) is 49.0 Å². The first-order valence-corrected chi connectivity index (χ1v) is 6.80. The highest BCUT2D eigenvalue weighted by Crippen LogP contribution is 2.26. The molecule has 0 bridgehead atoms. The third kappa shape index (κ3) is 2.07. The summed E-state index contributed by atoms with van der Waals surface area (Å²) >= 11 is 1.65. The topological polar surface area (TPSA) is 60.2 Å². The van der Waals surface area contributed by atoms with Crippen LogP contribution in [0.4, 0.5) is 0 Å². The maximum absolute atomic E-state index is 9.31. The number of aliphatic hydroxyl groups is 1. The van der Waals surface area contributed by atoms with E-state index in [1.165, 1.54) is 0 Å². The van der Waals surface area contributed by atoms with E-state index in [0.717, 1.165) is 22.0 Å². The summed E-state index contributed by atoms with van der Waals surface area (Å²) in [5.74, 6) is 0.0553. The molecule has 2 aromatic heterocycles. The molecule has 0 aromatic carbocycles. The third-order valence-corrected chi connectivity index (χ3v) is 4.00. The Hall–Kier alpha value is -1.24. The summed E-state index contributed by atoms with van der Waals surface area (Å²) in [6.45, 7) is 3.91. The fourth-order valence-electron chi connectivity index (χ4n) is 2.23. The fourth-order valence-corrected chi connectivity index (χ4v) is 2.84. The van der Waals surface area contributed by atoms with Crippen molar-refractivity contribution in [3.05, 3.63) is 33.5 Å². The first-order chi connectivity index (χ1) is 8.78. The number of thiazole rings is 1. The van der Waals surface area contributed by atoms with Crippen LogP contribution in [0.2, 0.25) is 0 Å². The van der Waals surface area contributed by atoms with Gasteiger partial charge in [-0.3, -0.25) is 4.68 Å². The van der Waals surface area contributed by atoms with Crippen LogP contribution in [0, 0.1) is 6.92 Å². The molecule has 0 saturated heterocycles. The van der Waals surface area contributed by atoms with Gasteiger partial charge in [0, 0.05) is 16.9 Å². The monoisotopic (exact) mass is 265 g/mol. The van der Waals surface area contributed by atoms with Gasteiger partial charge in [0.25, 0.3) is 0 Å². The van der Waals surface area contributed by atoms with Gasteiger partial charge in [-0.05, 0) is 6.92 Å². The molecule has 1 aliphatic heterocycles. The van der Waals surface area contributed by atoms with Gasteiger partial charge >= 0.3 is 0 Å². The summed E-state index contributed by atoms with van der Waals surface area (Å²) < 4.78 is 7.42. The van der Waals surface area contributed by atoms with Crippen molar-refractivity contribution in [2.24, 2.45) is 0 Å². The molecular formula is C12H15N3O2S. The van der Waals surface area contributed by atoms with E-state index in [2.05, 4.69) is 15.5 Å². The van der Waals surface area contributed by atoms with Gasteiger partial charge in [0.15, 0.2) is 0 Å². The van der Waals surface area contributed by atoms with E-state index in [0.29, 0.717) is 19.8 Å². The minimum Gasteiger partial charge on any atom is -0.396 e. The largest absolute Gasteiger partial charge is 0.396 e. The van der Waals surface area contributed by atoms with Crippen molar-refractivity contribution >= 4 is 11.3 Å². The Morgan fingerprint density at radius 2 is 2.50 bits per heavy atom. The second kappa shape index (κ2) is 4.79. The number of aliphatic hydroxyl groups excluding tert-OH is 1. The van der Waals surface area contributed by atoms with E-state index < -0.39 is 0 Å². The number of nitrogens with zero attached hydrogens (tertiary/aromatic N) is 3. The lowest BCUT2D eigenvalue weighted by molar-refractivity contribution is 0.0678. The van der Waals surface area contributed by atoms with E-state index in [1.54, 1.807) is 11.3 Å². The Balaban J connectivity index is 1.87. The van der Waals surface area contributed by atoms with Crippen molar-refractivity contribution in [3.8, 4) is 0 Å². The van der Waals surface area contributed by atoms with Gasteiger partial charge < -0.3 is 9.84 Å². The first-order valence-electron chi connectivity index (χ1n) is 5.92. The molecule has 0 fully saturated rings. The summed E-state index contributed by atoms with van der Waals surface area (Å²) in [5, 5.41) is 16.8. The van der Waals surface area contributed by atoms with Gasteiger partial charge in [-0.1, -0.05) is 0 Å². The summed E-state index contributed by atoms with van der Waals surface area (Å²) in [5.41, 5.74) is 3.19. The smallest absolute Gasteiger partial charge is 0.0898 e. The van der Waals surface area contributed by atoms with Crippen LogP contribution in [0.5, 0.6) is 0 Å². The van der Waals surface area contributed by atoms with Gasteiger partial charge in [-0.25, -0.2) is 4.98 Å². The molecule has 18 heavy (non-hydrogen) atoms. The Labute approximate surface area is 109 Å². The quantitative estimate of drug-likeness (QED) is 0.909. The van der Waals surface area contributed by atoms with Gasteiger partial charge in [-0.15, -0.1) is 11.3 Å². The lowest BCUT2D eigenvalue weighted by Gasteiger charge is -2.21. The highest BCUT2D eigenvalue weighted by Gasteiger charge is 2.24. The number of hydrogen-bond acceptors (Lipinski definition) is 5. The van der Waals surface area contributed by atoms with Crippen molar-refractivity contribution in [1.82, 2.24) is 14.8 Å². The zero-order valence-corrected chi connectivity index (χ0v) is 11.0. The zero-order chi connectivity index (χ0) is 12.5. The Morgan fingerprint density at radius 3 is 3.22 bits per heavy atom. The minimum absolute atomic E-state index is 0.0553. The molecule has 1 N–H and O–H groups in total. The number of hydrogen-bond donors (Lipinski definition) is 1. The molecule has 3 heterocycles. The number of rotatable bonds is 3. The molecular weight excluding hydrogens is 250 g/mol. The maximum Gasteiger partial charge on any atom is 0.0898 e. The number of aryl methyl sites for hydroxylation is 1. The van der Waals surface area contributed by atoms with Gasteiger partial charge in [0.2, 0.25) is 0 Å². The van der Waals surface area contributed by atoms with Crippen molar-refractivity contribution < 1.29 is 9.84 Å². The summed E-state index contributed by atoms with van der Waals surface area (Å²) in [4.78, 5) is 4.44. The van der Waals surface area contributed by atoms with E-state index >= 15 is 0 Å². The molecule has 6 heteroatoms. The predicted octanol–water partition coefficient (Wildman–Crippen LogP) is 1.30. The molecule has 0 spiro atoms. The Bertz CT molecular complexity index is 549. The SMILES string of the molecule is Cc1nc(Cn2ncc3c2COC[C@H]3CO)cs1. The minimum atomic E-state index is 0.0553. The predicted molar refractivity (Wildman–Crippen MR) is 67.7 cm³/mol. The number of fused-ring (bicyclic) bond motifs is 1. The molecule has 5 nitrogen and oxygen atoms in total. The van der Waals surface area contributed by atoms with Crippen LogP contribution < -0.4 is 0 Å².